The van der Waals surface area contributed by atoms with Crippen LogP contribution in [-0.2, 0) is 33.8 Å². The number of hydrogen-bond donors (Lipinski definition) is 0. The van der Waals surface area contributed by atoms with Gasteiger partial charge in [-0.15, -0.1) is 11.3 Å². The maximum atomic E-state index is 6.90. The van der Waals surface area contributed by atoms with Crippen molar-refractivity contribution in [2.75, 3.05) is 6.61 Å². The monoisotopic (exact) mass is 618 g/mol. The third-order valence-electron chi connectivity index (χ3n) is 8.50. The van der Waals surface area contributed by atoms with Crippen molar-refractivity contribution in [2.24, 2.45) is 0 Å². The van der Waals surface area contributed by atoms with E-state index < -0.39 is 0 Å². The van der Waals surface area contributed by atoms with Crippen molar-refractivity contribution in [2.45, 2.75) is 70.7 Å². The highest BCUT2D eigenvalue weighted by Crippen LogP contribution is 2.41. The highest BCUT2D eigenvalue weighted by Gasteiger charge is 2.41. The van der Waals surface area contributed by atoms with Crippen LogP contribution in [0.2, 0.25) is 0 Å². The van der Waals surface area contributed by atoms with Crippen LogP contribution in [0.3, 0.4) is 0 Å². The largest absolute Gasteiger partial charge is 0.489 e. The minimum absolute atomic E-state index is 0.0643. The molecule has 1 aliphatic heterocycles. The summed E-state index contributed by atoms with van der Waals surface area (Å²) in [6.07, 6.45) is 3.62. The quantitative estimate of drug-likeness (QED) is 0.123. The Bertz CT molecular complexity index is 1650. The van der Waals surface area contributed by atoms with Crippen LogP contribution in [0.5, 0.6) is 5.75 Å². The number of thiophene rings is 1. The Balaban J connectivity index is 1.36. The smallest absolute Gasteiger partial charge is 0.123 e. The van der Waals surface area contributed by atoms with E-state index in [0.29, 0.717) is 19.8 Å². The molecule has 0 amide bonds. The maximum absolute atomic E-state index is 6.90. The second kappa shape index (κ2) is 15.0. The molecule has 6 rings (SSSR count). The molecule has 5 heteroatoms. The average molecular weight is 619 g/mol. The molecule has 4 atom stereocenters. The van der Waals surface area contributed by atoms with Gasteiger partial charge in [0.1, 0.15) is 24.6 Å². The summed E-state index contributed by atoms with van der Waals surface area (Å²) >= 11 is 1.83. The van der Waals surface area contributed by atoms with E-state index in [1.54, 1.807) is 6.08 Å². The Kier molecular flexibility index (Phi) is 10.4. The van der Waals surface area contributed by atoms with Gasteiger partial charge in [0.25, 0.3) is 0 Å². The maximum Gasteiger partial charge on any atom is 0.123 e. The summed E-state index contributed by atoms with van der Waals surface area (Å²) in [5, 5.41) is 1.27. The number of hydrogen-bond acceptors (Lipinski definition) is 5. The van der Waals surface area contributed by atoms with E-state index in [-0.39, 0.29) is 24.4 Å². The van der Waals surface area contributed by atoms with Crippen molar-refractivity contribution in [1.29, 1.82) is 0 Å². The molecule has 0 radical (unpaired) electrons. The van der Waals surface area contributed by atoms with Crippen LogP contribution in [0.25, 0.3) is 10.1 Å². The molecule has 4 nitrogen and oxygen atoms in total. The molecule has 0 aliphatic carbocycles. The molecule has 45 heavy (non-hydrogen) atoms. The topological polar surface area (TPSA) is 36.9 Å². The second-order valence-electron chi connectivity index (χ2n) is 11.8. The predicted molar refractivity (Wildman–Crippen MR) is 184 cm³/mol. The number of benzene rings is 4. The Labute approximate surface area is 271 Å². The van der Waals surface area contributed by atoms with Gasteiger partial charge in [0.05, 0.1) is 25.4 Å². The fraction of sp³-hybridized carbons (Fsp3) is 0.300. The second-order valence-corrected chi connectivity index (χ2v) is 12.9. The summed E-state index contributed by atoms with van der Waals surface area (Å²) in [6.45, 7) is 9.68. The van der Waals surface area contributed by atoms with Gasteiger partial charge in [-0.05, 0) is 70.8 Å². The van der Waals surface area contributed by atoms with E-state index in [4.69, 9.17) is 18.9 Å². The fourth-order valence-corrected chi connectivity index (χ4v) is 7.22. The van der Waals surface area contributed by atoms with Crippen LogP contribution in [0.4, 0.5) is 0 Å². The predicted octanol–water partition coefficient (Wildman–Crippen LogP) is 9.78. The highest BCUT2D eigenvalue weighted by molar-refractivity contribution is 7.19. The number of ether oxygens (including phenoxy) is 4. The lowest BCUT2D eigenvalue weighted by atomic mass is 9.88. The third kappa shape index (κ3) is 7.74. The van der Waals surface area contributed by atoms with Crippen molar-refractivity contribution < 1.29 is 18.9 Å². The fourth-order valence-electron chi connectivity index (χ4n) is 6.13. The SMILES string of the molecule is C=CCOc1cc(C)c([C@@H]2O[C@H](CC)C[C@H](OCc3ccccc3)[C@H]2OCc2ccccc2)cc1Cc1cc2ccccc2s1. The van der Waals surface area contributed by atoms with Crippen LogP contribution >= 0.6 is 11.3 Å². The van der Waals surface area contributed by atoms with Crippen molar-refractivity contribution in [3.05, 3.63) is 148 Å². The number of fused-ring (bicyclic) bond motifs is 1. The van der Waals surface area contributed by atoms with Crippen molar-refractivity contribution in [3.8, 4) is 5.75 Å². The zero-order valence-electron chi connectivity index (χ0n) is 26.2. The van der Waals surface area contributed by atoms with Gasteiger partial charge in [0.15, 0.2) is 0 Å². The van der Waals surface area contributed by atoms with Gasteiger partial charge in [-0.25, -0.2) is 0 Å². The molecule has 5 aromatic rings. The normalized spacial score (nSPS) is 19.9. The lowest BCUT2D eigenvalue weighted by Crippen LogP contribution is -2.46. The summed E-state index contributed by atoms with van der Waals surface area (Å²) in [4.78, 5) is 1.30. The summed E-state index contributed by atoms with van der Waals surface area (Å²) < 4.78 is 27.9. The lowest BCUT2D eigenvalue weighted by Gasteiger charge is -2.42. The minimum atomic E-state index is -0.289. The molecule has 1 fully saturated rings. The van der Waals surface area contributed by atoms with Gasteiger partial charge in [-0.2, -0.15) is 0 Å². The molecular weight excluding hydrogens is 577 g/mol. The average Bonchev–Trinajstić information content (AvgIpc) is 3.49. The molecule has 1 aliphatic rings. The summed E-state index contributed by atoms with van der Waals surface area (Å²) in [5.41, 5.74) is 5.66. The first kappa shape index (κ1) is 31.3. The number of rotatable bonds is 13. The van der Waals surface area contributed by atoms with Gasteiger partial charge < -0.3 is 18.9 Å². The Morgan fingerprint density at radius 1 is 0.867 bits per heavy atom. The van der Waals surface area contributed by atoms with Crippen molar-refractivity contribution in [1.82, 2.24) is 0 Å². The molecule has 0 spiro atoms. The zero-order valence-corrected chi connectivity index (χ0v) is 27.0. The first-order valence-electron chi connectivity index (χ1n) is 15.9. The van der Waals surface area contributed by atoms with Crippen LogP contribution in [-0.4, -0.2) is 24.9 Å². The summed E-state index contributed by atoms with van der Waals surface area (Å²) in [6, 6.07) is 36.0. The van der Waals surface area contributed by atoms with Gasteiger partial charge in [-0.3, -0.25) is 0 Å². The van der Waals surface area contributed by atoms with Crippen LogP contribution in [0.15, 0.2) is 116 Å². The first-order valence-corrected chi connectivity index (χ1v) is 16.7. The molecule has 1 saturated heterocycles. The van der Waals surface area contributed by atoms with Gasteiger partial charge in [-0.1, -0.05) is 98.4 Å². The molecule has 0 saturated carbocycles. The van der Waals surface area contributed by atoms with Crippen LogP contribution in [0.1, 0.15) is 58.6 Å². The van der Waals surface area contributed by atoms with Crippen LogP contribution < -0.4 is 4.74 Å². The standard InChI is InChI=1S/C40H42O4S/c1-4-20-41-36-21-28(3)35(24-32(36)23-34-22-31-18-12-13-19-38(31)45-34)39-40(43-27-30-16-10-7-11-17-30)37(25-33(5-2)44-39)42-26-29-14-8-6-9-15-29/h4,6-19,21-22,24,33,37,39-40H,1,5,20,23,25-27H2,2-3H3/t33-,37+,39+,40-/m1/s1. The Morgan fingerprint density at radius 3 is 2.24 bits per heavy atom. The molecule has 4 aromatic carbocycles. The summed E-state index contributed by atoms with van der Waals surface area (Å²) in [5.74, 6) is 0.884. The first-order chi connectivity index (χ1) is 22.1. The molecule has 232 valence electrons. The molecule has 2 heterocycles. The van der Waals surface area contributed by atoms with Gasteiger partial charge in [0, 0.05) is 22.4 Å². The van der Waals surface area contributed by atoms with E-state index in [1.807, 2.05) is 23.5 Å². The van der Waals surface area contributed by atoms with Gasteiger partial charge in [0.2, 0.25) is 0 Å². The van der Waals surface area contributed by atoms with E-state index in [0.717, 1.165) is 52.8 Å². The molecule has 0 N–H and O–H groups in total. The zero-order chi connectivity index (χ0) is 31.0. The Hall–Kier alpha value is -3.74. The van der Waals surface area contributed by atoms with Crippen LogP contribution in [0, 0.1) is 6.92 Å². The van der Waals surface area contributed by atoms with E-state index in [2.05, 4.69) is 111 Å². The van der Waals surface area contributed by atoms with Crippen molar-refractivity contribution >= 4 is 21.4 Å². The van der Waals surface area contributed by atoms with E-state index in [1.165, 1.54) is 15.0 Å². The Morgan fingerprint density at radius 2 is 1.56 bits per heavy atom. The number of aryl methyl sites for hydroxylation is 1. The summed E-state index contributed by atoms with van der Waals surface area (Å²) in [7, 11) is 0. The van der Waals surface area contributed by atoms with E-state index >= 15 is 0 Å². The third-order valence-corrected chi connectivity index (χ3v) is 9.62. The lowest BCUT2D eigenvalue weighted by molar-refractivity contribution is -0.211. The minimum Gasteiger partial charge on any atom is -0.489 e. The molecule has 0 unspecified atom stereocenters. The molecule has 0 bridgehead atoms. The van der Waals surface area contributed by atoms with Gasteiger partial charge >= 0.3 is 0 Å². The van der Waals surface area contributed by atoms with E-state index in [9.17, 15) is 0 Å². The van der Waals surface area contributed by atoms with Crippen molar-refractivity contribution in [3.63, 3.8) is 0 Å². The highest BCUT2D eigenvalue weighted by atomic mass is 32.1. The molecule has 1 aromatic heterocycles. The molecular formula is C40H42O4S.